The van der Waals surface area contributed by atoms with Gasteiger partial charge in [0, 0.05) is 36.2 Å². The van der Waals surface area contributed by atoms with Crippen LogP contribution >= 0.6 is 34.8 Å². The van der Waals surface area contributed by atoms with Crippen LogP contribution in [-0.4, -0.2) is 24.1 Å². The highest BCUT2D eigenvalue weighted by molar-refractivity contribution is 6.38. The predicted molar refractivity (Wildman–Crippen MR) is 91.2 cm³/mol. The summed E-state index contributed by atoms with van der Waals surface area (Å²) in [5, 5.41) is 9.83. The van der Waals surface area contributed by atoms with Gasteiger partial charge in [-0.1, -0.05) is 40.9 Å². The number of carbonyl (C=O) groups excluding carboxylic acids is 1. The molecule has 0 saturated carbocycles. The minimum atomic E-state index is -0.323. The van der Waals surface area contributed by atoms with Crippen LogP contribution in [0.15, 0.2) is 36.7 Å². The lowest BCUT2D eigenvalue weighted by molar-refractivity contribution is 0.252. The van der Waals surface area contributed by atoms with Gasteiger partial charge in [0.2, 0.25) is 0 Å². The first-order chi connectivity index (χ1) is 10.6. The molecule has 1 heterocycles. The molecule has 0 aliphatic rings. The molecule has 0 fully saturated rings. The first-order valence-electron chi connectivity index (χ1n) is 6.39. The number of rotatable bonds is 5. The number of pyridine rings is 1. The van der Waals surface area contributed by atoms with Crippen molar-refractivity contribution in [2.45, 2.75) is 0 Å². The Labute approximate surface area is 143 Å². The van der Waals surface area contributed by atoms with Crippen LogP contribution in [0.5, 0.6) is 0 Å². The number of hydrogen-bond acceptors (Lipinski definition) is 3. The van der Waals surface area contributed by atoms with Gasteiger partial charge >= 0.3 is 6.03 Å². The number of carbonyl (C=O) groups is 1. The molecule has 0 radical (unpaired) electrons. The number of halogens is 3. The fourth-order valence-electron chi connectivity index (χ4n) is 1.69. The lowest BCUT2D eigenvalue weighted by atomic mass is 10.3. The third-order valence-corrected chi connectivity index (χ3v) is 3.46. The van der Waals surface area contributed by atoms with E-state index in [1.807, 2.05) is 0 Å². The molecular weight excluding hydrogens is 347 g/mol. The van der Waals surface area contributed by atoms with Crippen molar-refractivity contribution in [2.24, 2.45) is 0 Å². The molecule has 0 saturated heterocycles. The molecular formula is C14H13Cl3N4O. The average Bonchev–Trinajstić information content (AvgIpc) is 2.46. The van der Waals surface area contributed by atoms with Gasteiger partial charge in [-0.25, -0.2) is 4.79 Å². The first-order valence-corrected chi connectivity index (χ1v) is 7.53. The van der Waals surface area contributed by atoms with Gasteiger partial charge in [0.1, 0.15) is 0 Å². The van der Waals surface area contributed by atoms with E-state index < -0.39 is 0 Å². The highest BCUT2D eigenvalue weighted by atomic mass is 35.5. The molecule has 2 aromatic rings. The highest BCUT2D eigenvalue weighted by Crippen LogP contribution is 2.28. The molecule has 0 unspecified atom stereocenters. The van der Waals surface area contributed by atoms with Crippen LogP contribution in [0.25, 0.3) is 0 Å². The normalized spacial score (nSPS) is 10.1. The smallest absolute Gasteiger partial charge is 0.319 e. The van der Waals surface area contributed by atoms with Crippen molar-refractivity contribution in [1.29, 1.82) is 0 Å². The number of anilines is 2. The Kier molecular flexibility index (Phi) is 6.12. The summed E-state index contributed by atoms with van der Waals surface area (Å²) in [6.45, 7) is 0.855. The van der Waals surface area contributed by atoms with Crippen molar-refractivity contribution < 1.29 is 4.79 Å². The molecule has 0 bridgehead atoms. The van der Waals surface area contributed by atoms with E-state index in [1.165, 1.54) is 12.4 Å². The second-order valence-electron chi connectivity index (χ2n) is 4.30. The molecule has 8 heteroatoms. The minimum absolute atomic E-state index is 0.323. The van der Waals surface area contributed by atoms with Crippen molar-refractivity contribution in [1.82, 2.24) is 10.3 Å². The molecule has 1 aromatic carbocycles. The van der Waals surface area contributed by atoms with Crippen LogP contribution in [0.2, 0.25) is 15.1 Å². The van der Waals surface area contributed by atoms with Gasteiger partial charge in [0.25, 0.3) is 0 Å². The predicted octanol–water partition coefficient (Wildman–Crippen LogP) is 4.28. The van der Waals surface area contributed by atoms with Crippen LogP contribution < -0.4 is 16.0 Å². The number of aromatic nitrogens is 1. The quantitative estimate of drug-likeness (QED) is 0.698. The Morgan fingerprint density at radius 2 is 1.82 bits per heavy atom. The van der Waals surface area contributed by atoms with Crippen LogP contribution in [0.4, 0.5) is 16.2 Å². The zero-order valence-corrected chi connectivity index (χ0v) is 13.6. The second-order valence-corrected chi connectivity index (χ2v) is 5.55. The summed E-state index contributed by atoms with van der Waals surface area (Å²) < 4.78 is 0. The van der Waals surface area contributed by atoms with Gasteiger partial charge in [-0.15, -0.1) is 0 Å². The van der Waals surface area contributed by atoms with E-state index >= 15 is 0 Å². The van der Waals surface area contributed by atoms with Gasteiger partial charge < -0.3 is 16.0 Å². The van der Waals surface area contributed by atoms with E-state index in [0.717, 1.165) is 0 Å². The van der Waals surface area contributed by atoms with Gasteiger partial charge in [-0.05, 0) is 18.2 Å². The fourth-order valence-corrected chi connectivity index (χ4v) is 2.37. The molecule has 5 nitrogen and oxygen atoms in total. The van der Waals surface area contributed by atoms with Crippen LogP contribution in [-0.2, 0) is 0 Å². The molecule has 0 aliphatic heterocycles. The van der Waals surface area contributed by atoms with Crippen molar-refractivity contribution in [3.05, 3.63) is 51.7 Å². The van der Waals surface area contributed by atoms with Crippen molar-refractivity contribution in [3.8, 4) is 0 Å². The minimum Gasteiger partial charge on any atom is -0.381 e. The third-order valence-electron chi connectivity index (χ3n) is 2.65. The van der Waals surface area contributed by atoms with Crippen molar-refractivity contribution in [3.63, 3.8) is 0 Å². The Morgan fingerprint density at radius 1 is 1.09 bits per heavy atom. The van der Waals surface area contributed by atoms with Gasteiger partial charge in [-0.3, -0.25) is 4.98 Å². The summed E-state index contributed by atoms with van der Waals surface area (Å²) in [5.41, 5.74) is 1.22. The molecule has 22 heavy (non-hydrogen) atoms. The number of nitrogens with zero attached hydrogens (tertiary/aromatic N) is 1. The topological polar surface area (TPSA) is 66.0 Å². The van der Waals surface area contributed by atoms with E-state index in [9.17, 15) is 4.79 Å². The summed E-state index contributed by atoms with van der Waals surface area (Å²) in [4.78, 5) is 15.6. The highest BCUT2D eigenvalue weighted by Gasteiger charge is 2.06. The number of nitrogens with one attached hydrogen (secondary N) is 3. The number of urea groups is 1. The standard InChI is InChI=1S/C14H13Cl3N4O/c15-9-2-1-3-10(6-9)21-14(22)20-5-4-19-13-11(16)7-18-8-12(13)17/h1-3,6-8H,4-5H2,(H,18,19)(H2,20,21,22). The zero-order valence-electron chi connectivity index (χ0n) is 11.4. The first kappa shape index (κ1) is 16.7. The van der Waals surface area contributed by atoms with Crippen molar-refractivity contribution >= 4 is 52.2 Å². The van der Waals surface area contributed by atoms with Crippen molar-refractivity contribution in [2.75, 3.05) is 23.7 Å². The molecule has 2 rings (SSSR count). The monoisotopic (exact) mass is 358 g/mol. The maximum Gasteiger partial charge on any atom is 0.319 e. The largest absolute Gasteiger partial charge is 0.381 e. The fraction of sp³-hybridized carbons (Fsp3) is 0.143. The summed E-state index contributed by atoms with van der Waals surface area (Å²) in [7, 11) is 0. The second kappa shape index (κ2) is 8.08. The summed E-state index contributed by atoms with van der Waals surface area (Å²) in [5.74, 6) is 0. The lowest BCUT2D eigenvalue weighted by Crippen LogP contribution is -2.32. The van der Waals surface area contributed by atoms with E-state index in [4.69, 9.17) is 34.8 Å². The van der Waals surface area contributed by atoms with E-state index in [1.54, 1.807) is 24.3 Å². The summed E-state index contributed by atoms with van der Waals surface area (Å²) >= 11 is 17.8. The van der Waals surface area contributed by atoms with Crippen LogP contribution in [0.3, 0.4) is 0 Å². The number of hydrogen-bond donors (Lipinski definition) is 3. The number of amides is 2. The maximum absolute atomic E-state index is 11.7. The SMILES string of the molecule is O=C(NCCNc1c(Cl)cncc1Cl)Nc1cccc(Cl)c1. The molecule has 0 atom stereocenters. The molecule has 0 aliphatic carbocycles. The third kappa shape index (κ3) is 4.94. The Hall–Kier alpha value is -1.69. The Balaban J connectivity index is 1.76. The van der Waals surface area contributed by atoms with E-state index in [0.29, 0.717) is 39.5 Å². The zero-order chi connectivity index (χ0) is 15.9. The maximum atomic E-state index is 11.7. The van der Waals surface area contributed by atoms with E-state index in [-0.39, 0.29) is 6.03 Å². The Bertz CT molecular complexity index is 646. The van der Waals surface area contributed by atoms with Gasteiger partial charge in [0.15, 0.2) is 0 Å². The molecule has 1 aromatic heterocycles. The number of benzene rings is 1. The van der Waals surface area contributed by atoms with E-state index in [2.05, 4.69) is 20.9 Å². The summed E-state index contributed by atoms with van der Waals surface area (Å²) in [6.07, 6.45) is 2.99. The van der Waals surface area contributed by atoms with Gasteiger partial charge in [-0.2, -0.15) is 0 Å². The van der Waals surface area contributed by atoms with Gasteiger partial charge in [0.05, 0.1) is 15.7 Å². The molecule has 0 spiro atoms. The van der Waals surface area contributed by atoms with Crippen LogP contribution in [0, 0.1) is 0 Å². The summed E-state index contributed by atoms with van der Waals surface area (Å²) in [6, 6.07) is 6.58. The lowest BCUT2D eigenvalue weighted by Gasteiger charge is -2.11. The Morgan fingerprint density at radius 3 is 2.50 bits per heavy atom. The average molecular weight is 360 g/mol. The molecule has 116 valence electrons. The molecule has 3 N–H and O–H groups in total. The van der Waals surface area contributed by atoms with Crippen LogP contribution in [0.1, 0.15) is 0 Å². The molecule has 2 amide bonds.